The highest BCUT2D eigenvalue weighted by Gasteiger charge is 2.28. The number of hydrogen-bond acceptors (Lipinski definition) is 5. The third-order valence-electron chi connectivity index (χ3n) is 6.21. The van der Waals surface area contributed by atoms with Crippen molar-refractivity contribution in [3.05, 3.63) is 132 Å². The molecule has 5 heteroatoms. The van der Waals surface area contributed by atoms with E-state index in [1.807, 2.05) is 66.7 Å². The maximum Gasteiger partial charge on any atom is 0.248 e. The molecular formula is C31H24N4O. The van der Waals surface area contributed by atoms with E-state index in [2.05, 4.69) is 75.9 Å². The van der Waals surface area contributed by atoms with Crippen LogP contribution in [-0.2, 0) is 0 Å². The van der Waals surface area contributed by atoms with Gasteiger partial charge in [-0.15, -0.1) is 10.2 Å². The van der Waals surface area contributed by atoms with Crippen molar-refractivity contribution < 1.29 is 4.42 Å². The first-order valence-corrected chi connectivity index (χ1v) is 12.0. The Balaban J connectivity index is 1.28. The number of rotatable bonds is 6. The van der Waals surface area contributed by atoms with Crippen LogP contribution in [-0.4, -0.2) is 15.9 Å². The number of aromatic nitrogens is 2. The van der Waals surface area contributed by atoms with Crippen molar-refractivity contribution in [3.8, 4) is 22.9 Å². The number of hydrogen-bond donors (Lipinski definition) is 0. The van der Waals surface area contributed by atoms with Crippen molar-refractivity contribution in [1.29, 1.82) is 0 Å². The maximum atomic E-state index is 5.93. The highest BCUT2D eigenvalue weighted by Crippen LogP contribution is 2.36. The van der Waals surface area contributed by atoms with Crippen LogP contribution < -0.4 is 5.01 Å². The smallest absolute Gasteiger partial charge is 0.248 e. The summed E-state index contributed by atoms with van der Waals surface area (Å²) in [5.41, 5.74) is 6.23. The number of nitrogens with zero attached hydrogens (tertiary/aromatic N) is 4. The van der Waals surface area contributed by atoms with Crippen molar-refractivity contribution >= 4 is 17.5 Å². The van der Waals surface area contributed by atoms with Crippen LogP contribution in [0.4, 0.5) is 5.69 Å². The molecule has 0 aliphatic carbocycles. The van der Waals surface area contributed by atoms with Crippen molar-refractivity contribution in [2.75, 3.05) is 5.01 Å². The quantitative estimate of drug-likeness (QED) is 0.260. The van der Waals surface area contributed by atoms with E-state index < -0.39 is 0 Å². The van der Waals surface area contributed by atoms with Gasteiger partial charge in [0.05, 0.1) is 17.4 Å². The molecule has 4 aromatic carbocycles. The number of benzene rings is 4. The summed E-state index contributed by atoms with van der Waals surface area (Å²) in [6.07, 6.45) is 5.07. The normalized spacial score (nSPS) is 15.4. The summed E-state index contributed by atoms with van der Waals surface area (Å²) < 4.78 is 5.93. The molecule has 6 rings (SSSR count). The van der Waals surface area contributed by atoms with Gasteiger partial charge < -0.3 is 4.42 Å². The second kappa shape index (κ2) is 9.84. The Labute approximate surface area is 210 Å². The average molecular weight is 469 g/mol. The molecule has 1 aliphatic rings. The van der Waals surface area contributed by atoms with E-state index in [1.54, 1.807) is 0 Å². The molecule has 1 unspecified atom stereocenters. The summed E-state index contributed by atoms with van der Waals surface area (Å²) in [5, 5.41) is 15.6. The molecular weight excluding hydrogens is 444 g/mol. The Hall–Kier alpha value is -4.77. The molecule has 1 aliphatic heterocycles. The van der Waals surface area contributed by atoms with Crippen LogP contribution in [0, 0.1) is 0 Å². The summed E-state index contributed by atoms with van der Waals surface area (Å²) >= 11 is 0. The molecule has 0 radical (unpaired) electrons. The van der Waals surface area contributed by atoms with Gasteiger partial charge in [0.1, 0.15) is 0 Å². The van der Waals surface area contributed by atoms with Crippen LogP contribution in [0.5, 0.6) is 0 Å². The fourth-order valence-corrected chi connectivity index (χ4v) is 4.36. The topological polar surface area (TPSA) is 54.5 Å². The minimum Gasteiger partial charge on any atom is -0.416 e. The second-order valence-corrected chi connectivity index (χ2v) is 8.64. The first-order valence-electron chi connectivity index (χ1n) is 12.0. The van der Waals surface area contributed by atoms with Crippen molar-refractivity contribution in [2.24, 2.45) is 5.10 Å². The maximum absolute atomic E-state index is 5.93. The summed E-state index contributed by atoms with van der Waals surface area (Å²) in [6.45, 7) is 0. The summed E-state index contributed by atoms with van der Waals surface area (Å²) in [7, 11) is 0. The largest absolute Gasteiger partial charge is 0.416 e. The van der Waals surface area contributed by atoms with Gasteiger partial charge in [0.15, 0.2) is 0 Å². The highest BCUT2D eigenvalue weighted by atomic mass is 16.4. The van der Waals surface area contributed by atoms with E-state index in [0.717, 1.165) is 34.5 Å². The molecule has 0 N–H and O–H groups in total. The minimum atomic E-state index is 0.126. The lowest BCUT2D eigenvalue weighted by atomic mass is 10.0. The third kappa shape index (κ3) is 4.59. The molecule has 0 fully saturated rings. The van der Waals surface area contributed by atoms with Crippen molar-refractivity contribution in [1.82, 2.24) is 10.2 Å². The lowest BCUT2D eigenvalue weighted by Crippen LogP contribution is -2.18. The van der Waals surface area contributed by atoms with Gasteiger partial charge in [-0.2, -0.15) is 5.10 Å². The van der Waals surface area contributed by atoms with Gasteiger partial charge in [-0.3, -0.25) is 5.01 Å². The van der Waals surface area contributed by atoms with Crippen LogP contribution in [0.1, 0.15) is 23.6 Å². The zero-order valence-corrected chi connectivity index (χ0v) is 19.6. The summed E-state index contributed by atoms with van der Waals surface area (Å²) in [6, 6.07) is 38.9. The number of hydrazone groups is 1. The molecule has 1 atom stereocenters. The zero-order valence-electron chi connectivity index (χ0n) is 19.6. The predicted molar refractivity (Wildman–Crippen MR) is 144 cm³/mol. The van der Waals surface area contributed by atoms with Crippen LogP contribution in [0.2, 0.25) is 0 Å². The second-order valence-electron chi connectivity index (χ2n) is 8.64. The minimum absolute atomic E-state index is 0.126. The molecule has 2 heterocycles. The molecule has 0 amide bonds. The van der Waals surface area contributed by atoms with E-state index in [-0.39, 0.29) is 6.04 Å². The number of anilines is 1. The summed E-state index contributed by atoms with van der Waals surface area (Å²) in [4.78, 5) is 0. The van der Waals surface area contributed by atoms with E-state index in [9.17, 15) is 0 Å². The molecule has 0 saturated heterocycles. The van der Waals surface area contributed by atoms with Gasteiger partial charge in [0.25, 0.3) is 0 Å². The van der Waals surface area contributed by atoms with Gasteiger partial charge in [0, 0.05) is 17.5 Å². The first-order chi connectivity index (χ1) is 17.8. The van der Waals surface area contributed by atoms with Gasteiger partial charge in [-0.25, -0.2) is 0 Å². The van der Waals surface area contributed by atoms with Crippen molar-refractivity contribution in [3.63, 3.8) is 0 Å². The van der Waals surface area contributed by atoms with E-state index in [1.165, 1.54) is 5.56 Å². The fourth-order valence-electron chi connectivity index (χ4n) is 4.36. The monoisotopic (exact) mass is 468 g/mol. The molecule has 174 valence electrons. The highest BCUT2D eigenvalue weighted by molar-refractivity contribution is 6.01. The van der Waals surface area contributed by atoms with Gasteiger partial charge in [-0.05, 0) is 53.6 Å². The van der Waals surface area contributed by atoms with Crippen molar-refractivity contribution in [2.45, 2.75) is 12.5 Å². The molecule has 0 spiro atoms. The van der Waals surface area contributed by atoms with Crippen LogP contribution in [0.3, 0.4) is 0 Å². The Morgan fingerprint density at radius 3 is 1.89 bits per heavy atom. The Morgan fingerprint density at radius 2 is 1.22 bits per heavy atom. The Bertz CT molecular complexity index is 1490. The molecule has 0 bridgehead atoms. The van der Waals surface area contributed by atoms with E-state index >= 15 is 0 Å². The van der Waals surface area contributed by atoms with Crippen LogP contribution >= 0.6 is 0 Å². The number of allylic oxidation sites excluding steroid dienone is 1. The van der Waals surface area contributed by atoms with E-state index in [4.69, 9.17) is 9.52 Å². The Kier molecular flexibility index (Phi) is 5.94. The lowest BCUT2D eigenvalue weighted by molar-refractivity contribution is 0.584. The van der Waals surface area contributed by atoms with Crippen LogP contribution in [0.25, 0.3) is 29.0 Å². The SMILES string of the molecule is C(=C\c1ccccc1)/C1=NN(c2ccc(-c3nnc(-c4ccccc4)o3)cc2)C(c2ccccc2)C1. The fraction of sp³-hybridized carbons (Fsp3) is 0.0645. The Morgan fingerprint density at radius 1 is 0.639 bits per heavy atom. The molecule has 36 heavy (non-hydrogen) atoms. The van der Waals surface area contributed by atoms with Gasteiger partial charge in [-0.1, -0.05) is 84.9 Å². The average Bonchev–Trinajstić information content (AvgIpc) is 3.62. The van der Waals surface area contributed by atoms with Gasteiger partial charge >= 0.3 is 0 Å². The van der Waals surface area contributed by atoms with Gasteiger partial charge in [0.2, 0.25) is 11.8 Å². The molecule has 5 nitrogen and oxygen atoms in total. The molecule has 0 saturated carbocycles. The summed E-state index contributed by atoms with van der Waals surface area (Å²) in [5.74, 6) is 1.01. The third-order valence-corrected chi connectivity index (χ3v) is 6.21. The first kappa shape index (κ1) is 21.7. The lowest BCUT2D eigenvalue weighted by Gasteiger charge is -2.24. The predicted octanol–water partition coefficient (Wildman–Crippen LogP) is 7.42. The zero-order chi connectivity index (χ0) is 24.2. The standard InChI is InChI=1S/C31H24N4O/c1-4-10-23(11-5-1)16-19-27-22-29(24-12-6-2-7-13-24)35(34-27)28-20-17-26(18-21-28)31-33-32-30(36-31)25-14-8-3-9-15-25/h1-21,29H,22H2/b19-16+. The molecule has 5 aromatic rings. The molecule has 1 aromatic heterocycles. The van der Waals surface area contributed by atoms with Crippen LogP contribution in [0.15, 0.2) is 131 Å². The van der Waals surface area contributed by atoms with E-state index in [0.29, 0.717) is 11.8 Å².